The van der Waals surface area contributed by atoms with E-state index in [-0.39, 0.29) is 11.9 Å². The van der Waals surface area contributed by atoms with Crippen molar-refractivity contribution in [3.8, 4) is 0 Å². The highest BCUT2D eigenvalue weighted by atomic mass is 32.2. The highest BCUT2D eigenvalue weighted by Crippen LogP contribution is 2.25. The Balaban J connectivity index is 1.75. The van der Waals surface area contributed by atoms with Crippen LogP contribution in [0.3, 0.4) is 0 Å². The van der Waals surface area contributed by atoms with Crippen molar-refractivity contribution in [3.05, 3.63) is 35.9 Å². The van der Waals surface area contributed by atoms with Crippen LogP contribution < -0.4 is 10.6 Å². The molecule has 0 unspecified atom stereocenters. The lowest BCUT2D eigenvalue weighted by atomic mass is 10.2. The van der Waals surface area contributed by atoms with Gasteiger partial charge in [-0.05, 0) is 18.9 Å². The molecule has 0 aliphatic rings. The van der Waals surface area contributed by atoms with Crippen molar-refractivity contribution in [2.24, 2.45) is 0 Å². The van der Waals surface area contributed by atoms with Crippen LogP contribution in [0.25, 0.3) is 0 Å². The Kier molecular flexibility index (Phi) is 6.67. The van der Waals surface area contributed by atoms with Crippen molar-refractivity contribution in [1.29, 1.82) is 0 Å². The summed E-state index contributed by atoms with van der Waals surface area (Å²) in [5.74, 6) is 0.408. The zero-order valence-electron chi connectivity index (χ0n) is 12.7. The van der Waals surface area contributed by atoms with Crippen LogP contribution in [0.2, 0.25) is 0 Å². The number of amides is 1. The zero-order valence-corrected chi connectivity index (χ0v) is 14.3. The summed E-state index contributed by atoms with van der Waals surface area (Å²) in [6, 6.07) is 10.3. The average Bonchev–Trinajstić information content (AvgIpc) is 3.00. The lowest BCUT2D eigenvalue weighted by molar-refractivity contribution is -0.119. The number of rotatable bonds is 8. The highest BCUT2D eigenvalue weighted by molar-refractivity contribution is 8.01. The van der Waals surface area contributed by atoms with Gasteiger partial charge in [-0.2, -0.15) is 0 Å². The molecule has 0 radical (unpaired) electrons. The Morgan fingerprint density at radius 1 is 1.32 bits per heavy atom. The summed E-state index contributed by atoms with van der Waals surface area (Å²) >= 11 is 2.88. The van der Waals surface area contributed by atoms with Crippen molar-refractivity contribution in [3.63, 3.8) is 0 Å². The van der Waals surface area contributed by atoms with Gasteiger partial charge < -0.3 is 10.6 Å². The van der Waals surface area contributed by atoms with E-state index >= 15 is 0 Å². The Labute approximate surface area is 138 Å². The number of nitrogens with one attached hydrogen (secondary N) is 2. The van der Waals surface area contributed by atoms with Crippen LogP contribution in [0.4, 0.5) is 5.13 Å². The Morgan fingerprint density at radius 2 is 2.09 bits per heavy atom. The second kappa shape index (κ2) is 8.75. The van der Waals surface area contributed by atoms with E-state index in [1.54, 1.807) is 0 Å². The largest absolute Gasteiger partial charge is 0.356 e. The van der Waals surface area contributed by atoms with E-state index in [2.05, 4.69) is 33.0 Å². The summed E-state index contributed by atoms with van der Waals surface area (Å²) in [6.07, 6.45) is 0.933. The first-order valence-corrected chi connectivity index (χ1v) is 9.01. The highest BCUT2D eigenvalue weighted by Gasteiger charge is 2.09. The monoisotopic (exact) mass is 336 g/mol. The van der Waals surface area contributed by atoms with Crippen LogP contribution in [0.5, 0.6) is 0 Å². The molecule has 2 rings (SSSR count). The van der Waals surface area contributed by atoms with Gasteiger partial charge in [-0.15, -0.1) is 10.2 Å². The average molecular weight is 336 g/mol. The van der Waals surface area contributed by atoms with Crippen LogP contribution in [-0.2, 0) is 11.3 Å². The van der Waals surface area contributed by atoms with Crippen LogP contribution in [0.1, 0.15) is 25.8 Å². The van der Waals surface area contributed by atoms with Gasteiger partial charge in [-0.1, -0.05) is 60.4 Å². The molecule has 7 heteroatoms. The molecule has 1 aromatic heterocycles. The number of thioether (sulfide) groups is 1. The van der Waals surface area contributed by atoms with E-state index in [4.69, 9.17) is 0 Å². The van der Waals surface area contributed by atoms with Gasteiger partial charge in [0.2, 0.25) is 11.0 Å². The molecule has 22 heavy (non-hydrogen) atoms. The molecule has 0 saturated heterocycles. The molecule has 1 aromatic carbocycles. The van der Waals surface area contributed by atoms with Crippen molar-refractivity contribution in [1.82, 2.24) is 15.5 Å². The standard InChI is InChI=1S/C15H20N4OS2/c1-3-11(2)17-13(20)10-21-15-19-18-14(22-15)16-9-12-7-5-4-6-8-12/h4-8,11H,3,9-10H2,1-2H3,(H,16,18)(H,17,20)/t11-/m0/s1. The fourth-order valence-electron chi connectivity index (χ4n) is 1.66. The molecule has 2 aromatic rings. The summed E-state index contributed by atoms with van der Waals surface area (Å²) in [7, 11) is 0. The molecule has 0 bridgehead atoms. The zero-order chi connectivity index (χ0) is 15.8. The summed E-state index contributed by atoms with van der Waals surface area (Å²) in [5.41, 5.74) is 1.19. The molecule has 5 nitrogen and oxygen atoms in total. The fourth-order valence-corrected chi connectivity index (χ4v) is 3.22. The van der Waals surface area contributed by atoms with E-state index in [9.17, 15) is 4.79 Å². The Hall–Kier alpha value is -1.60. The molecule has 0 saturated carbocycles. The molecule has 0 spiro atoms. The minimum atomic E-state index is 0.0355. The lowest BCUT2D eigenvalue weighted by Gasteiger charge is -2.09. The summed E-state index contributed by atoms with van der Waals surface area (Å²) in [5, 5.41) is 15.1. The SMILES string of the molecule is CC[C@H](C)NC(=O)CSc1nnc(NCc2ccccc2)s1. The lowest BCUT2D eigenvalue weighted by Crippen LogP contribution is -2.33. The van der Waals surface area contributed by atoms with Gasteiger partial charge in [0.1, 0.15) is 0 Å². The number of benzene rings is 1. The summed E-state index contributed by atoms with van der Waals surface area (Å²) in [6.45, 7) is 4.77. The third-order valence-electron chi connectivity index (χ3n) is 3.04. The van der Waals surface area contributed by atoms with Crippen LogP contribution in [0.15, 0.2) is 34.7 Å². The molecule has 118 valence electrons. The van der Waals surface area contributed by atoms with Crippen LogP contribution in [0, 0.1) is 0 Å². The number of aromatic nitrogens is 2. The van der Waals surface area contributed by atoms with Crippen molar-refractivity contribution >= 4 is 34.1 Å². The smallest absolute Gasteiger partial charge is 0.230 e. The number of carbonyl (C=O) groups excluding carboxylic acids is 1. The van der Waals surface area contributed by atoms with Crippen molar-refractivity contribution in [2.75, 3.05) is 11.1 Å². The van der Waals surface area contributed by atoms with Gasteiger partial charge in [0.15, 0.2) is 4.34 Å². The Morgan fingerprint density at radius 3 is 2.82 bits per heavy atom. The molecular formula is C15H20N4OS2. The van der Waals surface area contributed by atoms with Crippen molar-refractivity contribution < 1.29 is 4.79 Å². The van der Waals surface area contributed by atoms with Gasteiger partial charge >= 0.3 is 0 Å². The minimum absolute atomic E-state index is 0.0355. The maximum absolute atomic E-state index is 11.7. The predicted molar refractivity (Wildman–Crippen MR) is 92.3 cm³/mol. The molecular weight excluding hydrogens is 316 g/mol. The third-order valence-corrected chi connectivity index (χ3v) is 5.05. The van der Waals surface area contributed by atoms with E-state index in [1.807, 2.05) is 32.0 Å². The number of nitrogens with zero attached hydrogens (tertiary/aromatic N) is 2. The van der Waals surface area contributed by atoms with Gasteiger partial charge in [0.25, 0.3) is 0 Å². The van der Waals surface area contributed by atoms with Crippen molar-refractivity contribution in [2.45, 2.75) is 37.2 Å². The minimum Gasteiger partial charge on any atom is -0.356 e. The number of carbonyl (C=O) groups is 1. The third kappa shape index (κ3) is 5.65. The normalized spacial score (nSPS) is 11.9. The fraction of sp³-hybridized carbons (Fsp3) is 0.400. The van der Waals surface area contributed by atoms with Crippen LogP contribution >= 0.6 is 23.1 Å². The quantitative estimate of drug-likeness (QED) is 0.725. The molecule has 0 aliphatic heterocycles. The topological polar surface area (TPSA) is 66.9 Å². The molecule has 0 fully saturated rings. The van der Waals surface area contributed by atoms with Gasteiger partial charge in [-0.25, -0.2) is 0 Å². The van der Waals surface area contributed by atoms with Crippen LogP contribution in [-0.4, -0.2) is 27.9 Å². The molecule has 1 atom stereocenters. The van der Waals surface area contributed by atoms with E-state index in [0.717, 1.165) is 15.9 Å². The first-order chi connectivity index (χ1) is 10.7. The van der Waals surface area contributed by atoms with E-state index < -0.39 is 0 Å². The molecule has 1 heterocycles. The second-order valence-corrected chi connectivity index (χ2v) is 7.08. The molecule has 0 aliphatic carbocycles. The number of anilines is 1. The predicted octanol–water partition coefficient (Wildman–Crippen LogP) is 3.16. The van der Waals surface area contributed by atoms with E-state index in [0.29, 0.717) is 12.3 Å². The maximum Gasteiger partial charge on any atom is 0.230 e. The maximum atomic E-state index is 11.7. The summed E-state index contributed by atoms with van der Waals surface area (Å²) in [4.78, 5) is 11.7. The number of hydrogen-bond donors (Lipinski definition) is 2. The number of hydrogen-bond acceptors (Lipinski definition) is 6. The van der Waals surface area contributed by atoms with E-state index in [1.165, 1.54) is 28.7 Å². The molecule has 1 amide bonds. The van der Waals surface area contributed by atoms with Gasteiger partial charge in [-0.3, -0.25) is 4.79 Å². The van der Waals surface area contributed by atoms with Gasteiger partial charge in [0, 0.05) is 12.6 Å². The second-order valence-electron chi connectivity index (χ2n) is 4.88. The van der Waals surface area contributed by atoms with Gasteiger partial charge in [0.05, 0.1) is 5.75 Å². The first-order valence-electron chi connectivity index (χ1n) is 7.21. The molecule has 2 N–H and O–H groups in total. The summed E-state index contributed by atoms with van der Waals surface area (Å²) < 4.78 is 0.801. The first kappa shape index (κ1) is 16.8. The Bertz CT molecular complexity index is 588.